The van der Waals surface area contributed by atoms with Crippen LogP contribution < -0.4 is 0 Å². The topological polar surface area (TPSA) is 63.4 Å². The number of H-pyrrole nitrogens is 1. The van der Waals surface area contributed by atoms with Crippen molar-refractivity contribution in [1.29, 1.82) is 10.5 Å². The van der Waals surface area contributed by atoms with Crippen LogP contribution in [0.25, 0.3) is 28.2 Å². The number of nitrogens with one attached hydrogen (secondary N) is 1. The third-order valence-corrected chi connectivity index (χ3v) is 5.25. The Morgan fingerprint density at radius 2 is 1.71 bits per heavy atom. The summed E-state index contributed by atoms with van der Waals surface area (Å²) in [7, 11) is 0. The van der Waals surface area contributed by atoms with E-state index in [4.69, 9.17) is 0 Å². The number of benzene rings is 2. The molecule has 0 aliphatic heterocycles. The van der Waals surface area contributed by atoms with Gasteiger partial charge in [-0.15, -0.1) is 0 Å². The minimum atomic E-state index is -4.41. The molecule has 6 heteroatoms. The van der Waals surface area contributed by atoms with E-state index in [2.05, 4.69) is 11.9 Å². The Hall–Kier alpha value is -3.51. The highest BCUT2D eigenvalue weighted by Crippen LogP contribution is 2.35. The average Bonchev–Trinajstić information content (AvgIpc) is 3.12. The van der Waals surface area contributed by atoms with Crippen molar-refractivity contribution in [3.63, 3.8) is 0 Å². The molecule has 3 nitrogen and oxygen atoms in total. The number of unbranched alkanes of at least 4 members (excludes halogenated alkanes) is 3. The van der Waals surface area contributed by atoms with E-state index >= 15 is 0 Å². The molecular formula is C25H22F3N3. The third-order valence-electron chi connectivity index (χ3n) is 5.25. The fourth-order valence-electron chi connectivity index (χ4n) is 3.61. The zero-order valence-corrected chi connectivity index (χ0v) is 17.2. The fourth-order valence-corrected chi connectivity index (χ4v) is 3.61. The van der Waals surface area contributed by atoms with Gasteiger partial charge in [0.1, 0.15) is 17.7 Å². The summed E-state index contributed by atoms with van der Waals surface area (Å²) < 4.78 is 38.8. The maximum atomic E-state index is 12.9. The molecule has 0 amide bonds. The number of hydrogen-bond acceptors (Lipinski definition) is 2. The molecule has 0 radical (unpaired) electrons. The van der Waals surface area contributed by atoms with Gasteiger partial charge < -0.3 is 4.98 Å². The summed E-state index contributed by atoms with van der Waals surface area (Å²) >= 11 is 0. The smallest absolute Gasteiger partial charge is 0.354 e. The number of aryl methyl sites for hydroxylation is 1. The van der Waals surface area contributed by atoms with Crippen LogP contribution in [0.2, 0.25) is 0 Å². The van der Waals surface area contributed by atoms with Gasteiger partial charge in [-0.05, 0) is 54.3 Å². The summed E-state index contributed by atoms with van der Waals surface area (Å²) in [6.07, 6.45) is 2.57. The zero-order chi connectivity index (χ0) is 22.4. The lowest BCUT2D eigenvalue weighted by Crippen LogP contribution is -2.04. The molecule has 0 saturated carbocycles. The largest absolute Gasteiger partial charge is 0.416 e. The van der Waals surface area contributed by atoms with E-state index in [9.17, 15) is 23.7 Å². The van der Waals surface area contributed by atoms with E-state index < -0.39 is 11.7 Å². The van der Waals surface area contributed by atoms with Gasteiger partial charge in [-0.1, -0.05) is 44.4 Å². The lowest BCUT2D eigenvalue weighted by atomic mass is 9.99. The van der Waals surface area contributed by atoms with Crippen LogP contribution >= 0.6 is 0 Å². The minimum absolute atomic E-state index is 0.0672. The number of aromatic nitrogens is 1. The molecule has 1 heterocycles. The molecule has 0 fully saturated rings. The summed E-state index contributed by atoms with van der Waals surface area (Å²) in [4.78, 5) is 3.25. The van der Waals surface area contributed by atoms with E-state index in [0.717, 1.165) is 54.3 Å². The normalized spacial score (nSPS) is 11.2. The molecule has 3 rings (SSSR count). The molecule has 0 atom stereocenters. The number of nitrogens with zero attached hydrogens (tertiary/aromatic N) is 2. The molecule has 2 aromatic carbocycles. The van der Waals surface area contributed by atoms with Crippen molar-refractivity contribution in [2.24, 2.45) is 0 Å². The molecule has 158 valence electrons. The van der Waals surface area contributed by atoms with Crippen LogP contribution in [0.4, 0.5) is 13.2 Å². The number of allylic oxidation sites excluding steroid dienone is 1. The highest BCUT2D eigenvalue weighted by Gasteiger charge is 2.30. The van der Waals surface area contributed by atoms with Crippen LogP contribution in [0.15, 0.2) is 48.0 Å². The lowest BCUT2D eigenvalue weighted by Gasteiger charge is -2.07. The second kappa shape index (κ2) is 9.53. The quantitative estimate of drug-likeness (QED) is 0.319. The maximum absolute atomic E-state index is 12.9. The van der Waals surface area contributed by atoms with E-state index in [1.807, 2.05) is 30.3 Å². The molecule has 0 aliphatic carbocycles. The van der Waals surface area contributed by atoms with Crippen LogP contribution in [0.3, 0.4) is 0 Å². The summed E-state index contributed by atoms with van der Waals surface area (Å²) in [5.41, 5.74) is 2.91. The van der Waals surface area contributed by atoms with Crippen molar-refractivity contribution in [2.45, 2.75) is 45.2 Å². The van der Waals surface area contributed by atoms with Gasteiger partial charge in [-0.3, -0.25) is 0 Å². The van der Waals surface area contributed by atoms with Crippen molar-refractivity contribution in [2.75, 3.05) is 0 Å². The van der Waals surface area contributed by atoms with E-state index in [1.54, 1.807) is 0 Å². The van der Waals surface area contributed by atoms with E-state index in [0.29, 0.717) is 16.8 Å². The van der Waals surface area contributed by atoms with E-state index in [1.165, 1.54) is 24.6 Å². The Morgan fingerprint density at radius 1 is 1.00 bits per heavy atom. The van der Waals surface area contributed by atoms with Crippen LogP contribution in [0.1, 0.15) is 49.3 Å². The molecule has 1 N–H and O–H groups in total. The highest BCUT2D eigenvalue weighted by molar-refractivity contribution is 5.98. The second-order valence-electron chi connectivity index (χ2n) is 7.46. The number of nitriles is 2. The molecule has 0 unspecified atom stereocenters. The summed E-state index contributed by atoms with van der Waals surface area (Å²) in [6, 6.07) is 14.6. The molecule has 0 aliphatic rings. The van der Waals surface area contributed by atoms with Gasteiger partial charge in [0.05, 0.1) is 11.3 Å². The number of hydrogen-bond donors (Lipinski definition) is 1. The standard InChI is InChI=1S/C25H22F3N3/c1-2-3-4-5-6-17-7-12-23-21(13-17)22(14-18(15-29)16-30)24(31-23)19-8-10-20(11-9-19)25(26,27)28/h7-14,31H,2-6H2,1H3. The van der Waals surface area contributed by atoms with Gasteiger partial charge in [-0.25, -0.2) is 0 Å². The van der Waals surface area contributed by atoms with Crippen molar-refractivity contribution >= 4 is 17.0 Å². The monoisotopic (exact) mass is 421 g/mol. The first-order valence-electron chi connectivity index (χ1n) is 10.2. The van der Waals surface area contributed by atoms with Crippen molar-refractivity contribution in [3.05, 3.63) is 64.7 Å². The number of aromatic amines is 1. The first-order valence-corrected chi connectivity index (χ1v) is 10.2. The number of alkyl halides is 3. The number of rotatable bonds is 7. The Morgan fingerprint density at radius 3 is 2.32 bits per heavy atom. The first kappa shape index (κ1) is 22.2. The zero-order valence-electron chi connectivity index (χ0n) is 17.2. The second-order valence-corrected chi connectivity index (χ2v) is 7.46. The highest BCUT2D eigenvalue weighted by atomic mass is 19.4. The predicted octanol–water partition coefficient (Wildman–Crippen LogP) is 7.41. The van der Waals surface area contributed by atoms with Gasteiger partial charge in [0.15, 0.2) is 0 Å². The lowest BCUT2D eigenvalue weighted by molar-refractivity contribution is -0.137. The Kier molecular flexibility index (Phi) is 6.82. The SMILES string of the molecule is CCCCCCc1ccc2[nH]c(-c3ccc(C(F)(F)F)cc3)c(C=C(C#N)C#N)c2c1. The Bertz CT molecular complexity index is 1150. The van der Waals surface area contributed by atoms with Gasteiger partial charge in [-0.2, -0.15) is 23.7 Å². The van der Waals surface area contributed by atoms with Crippen molar-refractivity contribution in [1.82, 2.24) is 4.98 Å². The molecule has 3 aromatic rings. The van der Waals surface area contributed by atoms with Gasteiger partial charge in [0, 0.05) is 16.5 Å². The van der Waals surface area contributed by atoms with Crippen LogP contribution in [0, 0.1) is 22.7 Å². The number of fused-ring (bicyclic) bond motifs is 1. The molecule has 0 bridgehead atoms. The van der Waals surface area contributed by atoms with Crippen LogP contribution in [-0.4, -0.2) is 4.98 Å². The molecule has 31 heavy (non-hydrogen) atoms. The Balaban J connectivity index is 2.09. The summed E-state index contributed by atoms with van der Waals surface area (Å²) in [5, 5.41) is 19.3. The summed E-state index contributed by atoms with van der Waals surface area (Å²) in [5.74, 6) is 0. The van der Waals surface area contributed by atoms with Gasteiger partial charge in [0.2, 0.25) is 0 Å². The molecular weight excluding hydrogens is 399 g/mol. The van der Waals surface area contributed by atoms with Crippen LogP contribution in [-0.2, 0) is 12.6 Å². The molecule has 0 spiro atoms. The molecule has 0 saturated heterocycles. The minimum Gasteiger partial charge on any atom is -0.354 e. The summed E-state index contributed by atoms with van der Waals surface area (Å²) in [6.45, 7) is 2.16. The Labute approximate surface area is 179 Å². The van der Waals surface area contributed by atoms with Crippen LogP contribution in [0.5, 0.6) is 0 Å². The average molecular weight is 421 g/mol. The first-order chi connectivity index (χ1) is 14.9. The van der Waals surface area contributed by atoms with Crippen molar-refractivity contribution in [3.8, 4) is 23.4 Å². The maximum Gasteiger partial charge on any atom is 0.416 e. The fraction of sp³-hybridized carbons (Fsp3) is 0.280. The van der Waals surface area contributed by atoms with Gasteiger partial charge >= 0.3 is 6.18 Å². The molecule has 1 aromatic heterocycles. The van der Waals surface area contributed by atoms with E-state index in [-0.39, 0.29) is 5.57 Å². The third kappa shape index (κ3) is 5.16. The number of halogens is 3. The van der Waals surface area contributed by atoms with Gasteiger partial charge in [0.25, 0.3) is 0 Å². The van der Waals surface area contributed by atoms with Crippen molar-refractivity contribution < 1.29 is 13.2 Å². The predicted molar refractivity (Wildman–Crippen MR) is 116 cm³/mol.